The van der Waals surface area contributed by atoms with Crippen molar-refractivity contribution >= 4 is 0 Å². The van der Waals surface area contributed by atoms with Crippen molar-refractivity contribution < 1.29 is 169 Å². The normalized spacial score (nSPS) is 10.2. The predicted octanol–water partition coefficient (Wildman–Crippen LogP) is 4.01. The molecular formula is C39H69K3O2. The Kier molecular flexibility index (Phi) is 45.2. The average Bonchev–Trinajstić information content (AvgIpc) is 2.98. The molecule has 0 aliphatic carbocycles. The number of benzene rings is 2. The monoisotopic (exact) mass is 686 g/mol. The van der Waals surface area contributed by atoms with Crippen molar-refractivity contribution in [2.75, 3.05) is 0 Å². The van der Waals surface area contributed by atoms with Gasteiger partial charge in [-0.15, -0.1) is 0 Å². The first-order valence-electron chi connectivity index (χ1n) is 17.7. The molecular weight excluding hydrogens is 618 g/mol. The predicted molar refractivity (Wildman–Crippen MR) is 185 cm³/mol. The molecule has 44 heavy (non-hydrogen) atoms. The van der Waals surface area contributed by atoms with E-state index in [1.165, 1.54) is 164 Å². The third-order valence-corrected chi connectivity index (χ3v) is 8.37. The van der Waals surface area contributed by atoms with Gasteiger partial charge in [-0.2, -0.15) is 0 Å². The SMILES string of the molecule is CCCCCCCCCc1ccc(O)c(CCCCCCCCC)c1CCCCCCCCC.Oc1ccccc1.[H-].[H-].[H-].[K+].[K+].[K+]. The second-order valence-electron chi connectivity index (χ2n) is 12.2. The maximum absolute atomic E-state index is 10.8. The van der Waals surface area contributed by atoms with Gasteiger partial charge in [-0.1, -0.05) is 161 Å². The number of rotatable bonds is 24. The minimum atomic E-state index is 0. The molecule has 0 bridgehead atoms. The minimum absolute atomic E-state index is 0. The van der Waals surface area contributed by atoms with Crippen molar-refractivity contribution in [1.29, 1.82) is 0 Å². The first-order valence-corrected chi connectivity index (χ1v) is 17.7. The Morgan fingerprint density at radius 3 is 1.16 bits per heavy atom. The number of para-hydroxylation sites is 1. The van der Waals surface area contributed by atoms with Crippen LogP contribution >= 0.6 is 0 Å². The van der Waals surface area contributed by atoms with E-state index >= 15 is 0 Å². The summed E-state index contributed by atoms with van der Waals surface area (Å²) in [4.78, 5) is 0. The summed E-state index contributed by atoms with van der Waals surface area (Å²) in [6.45, 7) is 6.87. The van der Waals surface area contributed by atoms with E-state index in [1.54, 1.807) is 24.3 Å². The number of hydrogen-bond acceptors (Lipinski definition) is 2. The van der Waals surface area contributed by atoms with Crippen molar-refractivity contribution in [1.82, 2.24) is 0 Å². The maximum atomic E-state index is 10.8. The Morgan fingerprint density at radius 1 is 0.409 bits per heavy atom. The standard InChI is InChI=1S/C33H60O.C6H6O.3K.3H/c1-4-7-10-13-16-19-22-25-30-28-29-33(34)32(27-24-21-18-15-12-9-6-3)31(30)26-23-20-17-14-11-8-5-2;7-6-4-2-1-3-5-6;;;;;;/h28-29,34H,4-27H2,1-3H3;1-5,7H;;;;;;/q;;3*+1;3*-1. The van der Waals surface area contributed by atoms with E-state index in [0.717, 1.165) is 6.42 Å². The maximum Gasteiger partial charge on any atom is 1.00 e. The van der Waals surface area contributed by atoms with Crippen LogP contribution in [0.2, 0.25) is 0 Å². The molecule has 2 N–H and O–H groups in total. The molecule has 0 radical (unpaired) electrons. The second-order valence-corrected chi connectivity index (χ2v) is 12.2. The summed E-state index contributed by atoms with van der Waals surface area (Å²) in [5, 5.41) is 19.4. The molecule has 0 unspecified atom stereocenters. The Labute approximate surface area is 406 Å². The molecule has 2 rings (SSSR count). The van der Waals surface area contributed by atoms with E-state index in [4.69, 9.17) is 5.11 Å². The molecule has 0 aliphatic heterocycles. The smallest absolute Gasteiger partial charge is 1.00 e. The van der Waals surface area contributed by atoms with Crippen LogP contribution in [0.1, 0.15) is 177 Å². The van der Waals surface area contributed by atoms with Crippen LogP contribution in [0.15, 0.2) is 42.5 Å². The summed E-state index contributed by atoms with van der Waals surface area (Å²) in [6, 6.07) is 13.0. The van der Waals surface area contributed by atoms with Crippen molar-refractivity contribution in [2.45, 2.75) is 175 Å². The van der Waals surface area contributed by atoms with E-state index in [9.17, 15) is 5.11 Å². The first-order chi connectivity index (χ1) is 20.1. The Balaban J connectivity index is -0.000000286. The van der Waals surface area contributed by atoms with Crippen LogP contribution in [-0.4, -0.2) is 10.2 Å². The first kappa shape index (κ1) is 51.3. The number of phenols is 2. The molecule has 0 spiro atoms. The summed E-state index contributed by atoms with van der Waals surface area (Å²) < 4.78 is 0. The number of phenolic OH excluding ortho intramolecular Hbond substituents is 2. The quantitative estimate of drug-likeness (QED) is 0.130. The van der Waals surface area contributed by atoms with E-state index in [0.29, 0.717) is 11.5 Å². The fourth-order valence-electron chi connectivity index (χ4n) is 5.77. The van der Waals surface area contributed by atoms with Crippen molar-refractivity contribution in [3.63, 3.8) is 0 Å². The van der Waals surface area contributed by atoms with Crippen LogP contribution in [0.3, 0.4) is 0 Å². The molecule has 5 heteroatoms. The molecule has 0 aliphatic rings. The van der Waals surface area contributed by atoms with Crippen molar-refractivity contribution in [3.8, 4) is 11.5 Å². The van der Waals surface area contributed by atoms with E-state index < -0.39 is 0 Å². The van der Waals surface area contributed by atoms with Crippen LogP contribution in [0.4, 0.5) is 0 Å². The molecule has 2 aromatic rings. The van der Waals surface area contributed by atoms with Gasteiger partial charge in [0.15, 0.2) is 0 Å². The third-order valence-electron chi connectivity index (χ3n) is 8.37. The minimum Gasteiger partial charge on any atom is -1.00 e. The summed E-state index contributed by atoms with van der Waals surface area (Å²) >= 11 is 0. The second kappa shape index (κ2) is 38.7. The summed E-state index contributed by atoms with van der Waals surface area (Å²) in [6.07, 6.45) is 31.9. The molecule has 2 aromatic carbocycles. The Bertz CT molecular complexity index is 861. The van der Waals surface area contributed by atoms with E-state index in [2.05, 4.69) is 26.8 Å². The molecule has 0 atom stereocenters. The van der Waals surface area contributed by atoms with Gasteiger partial charge in [0.25, 0.3) is 0 Å². The number of aromatic hydroxyl groups is 2. The van der Waals surface area contributed by atoms with Gasteiger partial charge >= 0.3 is 154 Å². The zero-order valence-electron chi connectivity index (χ0n) is 33.4. The largest absolute Gasteiger partial charge is 1.00 e. The van der Waals surface area contributed by atoms with E-state index in [-0.39, 0.29) is 158 Å². The molecule has 0 fully saturated rings. The number of hydrogen-bond donors (Lipinski definition) is 2. The van der Waals surface area contributed by atoms with Crippen LogP contribution in [-0.2, 0) is 19.3 Å². The molecule has 240 valence electrons. The van der Waals surface area contributed by atoms with Gasteiger partial charge in [-0.3, -0.25) is 0 Å². The summed E-state index contributed by atoms with van der Waals surface area (Å²) in [5.74, 6) is 0.884. The zero-order valence-corrected chi connectivity index (χ0v) is 39.8. The number of unbranched alkanes of at least 4 members (excludes halogenated alkanes) is 18. The Morgan fingerprint density at radius 2 is 0.773 bits per heavy atom. The molecule has 0 aromatic heterocycles. The van der Waals surface area contributed by atoms with Crippen molar-refractivity contribution in [3.05, 3.63) is 59.2 Å². The molecule has 0 amide bonds. The van der Waals surface area contributed by atoms with Gasteiger partial charge in [0.1, 0.15) is 11.5 Å². The number of aryl methyl sites for hydroxylation is 1. The Hall–Kier alpha value is 2.95. The van der Waals surface area contributed by atoms with Crippen LogP contribution < -0.4 is 154 Å². The zero-order chi connectivity index (χ0) is 29.8. The van der Waals surface area contributed by atoms with Gasteiger partial charge in [0.2, 0.25) is 0 Å². The fourth-order valence-corrected chi connectivity index (χ4v) is 5.77. The summed E-state index contributed by atoms with van der Waals surface area (Å²) in [5.41, 5.74) is 4.35. The third kappa shape index (κ3) is 28.8. The summed E-state index contributed by atoms with van der Waals surface area (Å²) in [7, 11) is 0. The average molecular weight is 687 g/mol. The van der Waals surface area contributed by atoms with Gasteiger partial charge in [-0.05, 0) is 73.4 Å². The van der Waals surface area contributed by atoms with Crippen LogP contribution in [0, 0.1) is 0 Å². The topological polar surface area (TPSA) is 40.5 Å². The van der Waals surface area contributed by atoms with Crippen LogP contribution in [0.25, 0.3) is 0 Å². The van der Waals surface area contributed by atoms with Gasteiger partial charge in [0, 0.05) is 0 Å². The fraction of sp³-hybridized carbons (Fsp3) is 0.692. The van der Waals surface area contributed by atoms with Crippen molar-refractivity contribution in [2.24, 2.45) is 0 Å². The van der Waals surface area contributed by atoms with Crippen LogP contribution in [0.5, 0.6) is 11.5 Å². The molecule has 0 heterocycles. The molecule has 2 nitrogen and oxygen atoms in total. The van der Waals surface area contributed by atoms with Gasteiger partial charge in [0.05, 0.1) is 0 Å². The van der Waals surface area contributed by atoms with Gasteiger partial charge in [-0.25, -0.2) is 0 Å². The molecule has 0 saturated heterocycles. The van der Waals surface area contributed by atoms with Gasteiger partial charge < -0.3 is 14.5 Å². The van der Waals surface area contributed by atoms with E-state index in [1.807, 2.05) is 12.1 Å². The molecule has 0 saturated carbocycles.